The van der Waals surface area contributed by atoms with E-state index in [9.17, 15) is 15.0 Å². The molecule has 0 radical (unpaired) electrons. The highest BCUT2D eigenvalue weighted by atomic mass is 16.5. The Morgan fingerprint density at radius 3 is 2.05 bits per heavy atom. The zero-order valence-electron chi connectivity index (χ0n) is 22.1. The summed E-state index contributed by atoms with van der Waals surface area (Å²) >= 11 is 0. The van der Waals surface area contributed by atoms with Crippen LogP contribution < -0.4 is 10.1 Å². The maximum absolute atomic E-state index is 13.2. The molecule has 1 aromatic carbocycles. The van der Waals surface area contributed by atoms with Crippen LogP contribution in [0.3, 0.4) is 0 Å². The Labute approximate surface area is 237 Å². The van der Waals surface area contributed by atoms with Crippen LogP contribution in [-0.2, 0) is 26.2 Å². The maximum Gasteiger partial charge on any atom is 0.279 e. The Bertz CT molecular complexity index is 1570. The van der Waals surface area contributed by atoms with Crippen LogP contribution in [0.4, 0.5) is 5.82 Å². The highest BCUT2D eigenvalue weighted by molar-refractivity contribution is 6.04. The van der Waals surface area contributed by atoms with Crippen molar-refractivity contribution >= 4 is 11.7 Å². The van der Waals surface area contributed by atoms with E-state index in [-0.39, 0.29) is 17.2 Å². The van der Waals surface area contributed by atoms with E-state index >= 15 is 0 Å². The van der Waals surface area contributed by atoms with Gasteiger partial charge in [0.2, 0.25) is 0 Å². The van der Waals surface area contributed by atoms with Crippen molar-refractivity contribution in [1.29, 1.82) is 0 Å². The molecule has 5 rings (SSSR count). The topological polar surface area (TPSA) is 134 Å². The van der Waals surface area contributed by atoms with Crippen LogP contribution in [0.1, 0.15) is 33.0 Å². The summed E-state index contributed by atoms with van der Waals surface area (Å²) in [7, 11) is 0. The Morgan fingerprint density at radius 2 is 1.37 bits per heavy atom. The second-order valence-electron chi connectivity index (χ2n) is 9.21. The number of hydrogen-bond donors (Lipinski definition) is 3. The molecule has 206 valence electrons. The lowest BCUT2D eigenvalue weighted by atomic mass is 10.2. The zero-order valence-corrected chi connectivity index (χ0v) is 22.1. The van der Waals surface area contributed by atoms with E-state index in [0.717, 1.165) is 11.1 Å². The molecule has 5 aromatic rings. The first-order valence-corrected chi connectivity index (χ1v) is 12.9. The minimum atomic E-state index is -0.452. The average molecular weight is 549 g/mol. The molecule has 4 aromatic heterocycles. The molecular formula is C31H28N6O4. The monoisotopic (exact) mass is 548 g/mol. The molecule has 0 fully saturated rings. The van der Waals surface area contributed by atoms with Crippen LogP contribution in [0, 0.1) is 0 Å². The number of ether oxygens (including phenoxy) is 1. The smallest absolute Gasteiger partial charge is 0.279 e. The van der Waals surface area contributed by atoms with Gasteiger partial charge in [-0.15, -0.1) is 0 Å². The summed E-state index contributed by atoms with van der Waals surface area (Å²) in [4.78, 5) is 32.3. The van der Waals surface area contributed by atoms with Gasteiger partial charge in [0, 0.05) is 44.4 Å². The normalized spacial score (nSPS) is 10.9. The maximum atomic E-state index is 13.2. The number of hydrogen-bond acceptors (Lipinski definition) is 9. The number of amides is 1. The minimum Gasteiger partial charge on any atom is -0.506 e. The molecule has 3 N–H and O–H groups in total. The van der Waals surface area contributed by atoms with E-state index in [4.69, 9.17) is 4.74 Å². The molecule has 4 heterocycles. The molecular weight excluding hydrogens is 520 g/mol. The molecule has 0 unspecified atom stereocenters. The van der Waals surface area contributed by atoms with Gasteiger partial charge in [0.25, 0.3) is 5.91 Å². The first-order valence-electron chi connectivity index (χ1n) is 12.9. The number of nitrogens with zero attached hydrogens (tertiary/aromatic N) is 5. The summed E-state index contributed by atoms with van der Waals surface area (Å²) in [6.07, 6.45) is 6.36. The van der Waals surface area contributed by atoms with Gasteiger partial charge < -0.3 is 20.3 Å². The number of pyridine rings is 4. The predicted molar refractivity (Wildman–Crippen MR) is 152 cm³/mol. The van der Waals surface area contributed by atoms with Crippen molar-refractivity contribution in [2.24, 2.45) is 0 Å². The average Bonchev–Trinajstić information content (AvgIpc) is 2.99. The van der Waals surface area contributed by atoms with Gasteiger partial charge in [-0.3, -0.25) is 19.7 Å². The first kappa shape index (κ1) is 27.2. The summed E-state index contributed by atoms with van der Waals surface area (Å²) in [5, 5.41) is 23.4. The zero-order chi connectivity index (χ0) is 28.4. The van der Waals surface area contributed by atoms with Gasteiger partial charge in [-0.05, 0) is 59.7 Å². The second kappa shape index (κ2) is 13.1. The fourth-order valence-electron chi connectivity index (χ4n) is 4.18. The van der Waals surface area contributed by atoms with Gasteiger partial charge in [-0.25, -0.2) is 9.97 Å². The number of aromatic hydroxyl groups is 2. The fourth-order valence-corrected chi connectivity index (χ4v) is 4.18. The van der Waals surface area contributed by atoms with Crippen LogP contribution in [0.2, 0.25) is 0 Å². The quantitative estimate of drug-likeness (QED) is 0.215. The van der Waals surface area contributed by atoms with Crippen molar-refractivity contribution in [3.8, 4) is 17.2 Å². The van der Waals surface area contributed by atoms with E-state index in [1.54, 1.807) is 61.1 Å². The largest absolute Gasteiger partial charge is 0.506 e. The summed E-state index contributed by atoms with van der Waals surface area (Å²) in [5.74, 6) is 0.402. The van der Waals surface area contributed by atoms with Gasteiger partial charge in [0.1, 0.15) is 23.9 Å². The van der Waals surface area contributed by atoms with Crippen molar-refractivity contribution < 1.29 is 19.7 Å². The molecule has 0 saturated heterocycles. The first-order chi connectivity index (χ1) is 20.0. The number of nitrogens with one attached hydrogen (secondary N) is 1. The molecule has 1 amide bonds. The minimum absolute atomic E-state index is 0.0751. The van der Waals surface area contributed by atoms with E-state index in [2.05, 4.69) is 25.3 Å². The van der Waals surface area contributed by atoms with Gasteiger partial charge >= 0.3 is 0 Å². The highest BCUT2D eigenvalue weighted by Gasteiger charge is 2.17. The third-order valence-corrected chi connectivity index (χ3v) is 6.17. The van der Waals surface area contributed by atoms with Gasteiger partial charge in [-0.2, -0.15) is 0 Å². The Balaban J connectivity index is 1.31. The lowest BCUT2D eigenvalue weighted by Gasteiger charge is -2.22. The van der Waals surface area contributed by atoms with E-state index < -0.39 is 5.91 Å². The molecule has 10 nitrogen and oxygen atoms in total. The number of carbonyl (C=O) groups excluding carboxylic acids is 1. The molecule has 0 atom stereocenters. The fraction of sp³-hybridized carbons (Fsp3) is 0.129. The van der Waals surface area contributed by atoms with Crippen molar-refractivity contribution in [3.63, 3.8) is 0 Å². The van der Waals surface area contributed by atoms with E-state index in [1.807, 2.05) is 41.3 Å². The van der Waals surface area contributed by atoms with Crippen molar-refractivity contribution in [1.82, 2.24) is 24.8 Å². The molecule has 0 saturated carbocycles. The highest BCUT2D eigenvalue weighted by Crippen LogP contribution is 2.23. The van der Waals surface area contributed by atoms with Crippen LogP contribution in [0.5, 0.6) is 17.2 Å². The predicted octanol–water partition coefficient (Wildman–Crippen LogP) is 4.71. The standard InChI is InChI=1S/C31H28N6O4/c38-26-9-4-13-32-24(26)19-37(20-25-27(39)10-5-14-33-25)18-23-12-16-34-29(17-23)36-31(40)30-28(11-6-15-35-30)41-21-22-7-2-1-3-8-22/h1-17,38-39H,18-21H2,(H,34,36,40). The molecule has 10 heteroatoms. The third kappa shape index (κ3) is 7.40. The summed E-state index contributed by atoms with van der Waals surface area (Å²) in [6.45, 7) is 1.28. The SMILES string of the molecule is O=C(Nc1cc(CN(Cc2ncccc2O)Cc2ncccc2O)ccn1)c1ncccc1OCc1ccccc1. The van der Waals surface area contributed by atoms with E-state index in [1.165, 1.54) is 6.20 Å². The lowest BCUT2D eigenvalue weighted by molar-refractivity contribution is 0.101. The molecule has 41 heavy (non-hydrogen) atoms. The molecule has 0 aliphatic heterocycles. The lowest BCUT2D eigenvalue weighted by Crippen LogP contribution is -2.24. The third-order valence-electron chi connectivity index (χ3n) is 6.17. The Hall–Kier alpha value is -5.35. The van der Waals surface area contributed by atoms with Gasteiger partial charge in [-0.1, -0.05) is 30.3 Å². The molecule has 0 aliphatic rings. The van der Waals surface area contributed by atoms with Crippen molar-refractivity contribution in [2.45, 2.75) is 26.2 Å². The molecule has 0 aliphatic carbocycles. The van der Waals surface area contributed by atoms with Crippen LogP contribution in [-0.4, -0.2) is 41.0 Å². The second-order valence-corrected chi connectivity index (χ2v) is 9.21. The van der Waals surface area contributed by atoms with Crippen molar-refractivity contribution in [3.05, 3.63) is 132 Å². The number of benzene rings is 1. The van der Waals surface area contributed by atoms with Gasteiger partial charge in [0.05, 0.1) is 11.4 Å². The van der Waals surface area contributed by atoms with Gasteiger partial charge in [0.15, 0.2) is 11.4 Å². The van der Waals surface area contributed by atoms with Crippen LogP contribution in [0.25, 0.3) is 0 Å². The summed E-state index contributed by atoms with van der Waals surface area (Å²) < 4.78 is 5.89. The number of rotatable bonds is 11. The Kier molecular flexibility index (Phi) is 8.72. The summed E-state index contributed by atoms with van der Waals surface area (Å²) in [5.41, 5.74) is 2.93. The Morgan fingerprint density at radius 1 is 0.707 bits per heavy atom. The number of aromatic nitrogens is 4. The number of carbonyl (C=O) groups is 1. The molecule has 0 bridgehead atoms. The molecule has 0 spiro atoms. The number of anilines is 1. The van der Waals surface area contributed by atoms with Crippen molar-refractivity contribution in [2.75, 3.05) is 5.32 Å². The van der Waals surface area contributed by atoms with Crippen LogP contribution in [0.15, 0.2) is 104 Å². The summed E-state index contributed by atoms with van der Waals surface area (Å²) in [6, 6.07) is 23.1. The van der Waals surface area contributed by atoms with Crippen LogP contribution >= 0.6 is 0 Å². The van der Waals surface area contributed by atoms with E-state index in [0.29, 0.717) is 49.2 Å².